The van der Waals surface area contributed by atoms with Crippen molar-refractivity contribution in [3.63, 3.8) is 0 Å². The molecule has 1 nitrogen and oxygen atoms in total. The fourth-order valence-corrected chi connectivity index (χ4v) is 2.85. The number of nitrogens with one attached hydrogen (secondary N) is 1. The Morgan fingerprint density at radius 1 is 1.05 bits per heavy atom. The standard InChI is InChI=1S/C18H21N/c1-13-5-6-14(2)17(10-13)12-15-7-8-18-16(11-15)4-3-9-19-18/h5-8,10-11,19H,3-4,9,12H2,1-2H3. The normalized spacial score (nSPS) is 13.8. The zero-order valence-corrected chi connectivity index (χ0v) is 11.8. The van der Waals surface area contributed by atoms with E-state index in [1.54, 1.807) is 0 Å². The molecular weight excluding hydrogens is 230 g/mol. The van der Waals surface area contributed by atoms with Crippen molar-refractivity contribution in [1.29, 1.82) is 0 Å². The molecule has 1 aliphatic heterocycles. The summed E-state index contributed by atoms with van der Waals surface area (Å²) >= 11 is 0. The van der Waals surface area contributed by atoms with Crippen molar-refractivity contribution in [1.82, 2.24) is 0 Å². The van der Waals surface area contributed by atoms with E-state index < -0.39 is 0 Å². The first kappa shape index (κ1) is 12.3. The van der Waals surface area contributed by atoms with E-state index in [4.69, 9.17) is 0 Å². The van der Waals surface area contributed by atoms with Gasteiger partial charge in [0.1, 0.15) is 0 Å². The monoisotopic (exact) mass is 251 g/mol. The van der Waals surface area contributed by atoms with Gasteiger partial charge in [-0.05, 0) is 61.4 Å². The molecule has 0 aromatic heterocycles. The van der Waals surface area contributed by atoms with Crippen molar-refractivity contribution >= 4 is 5.69 Å². The summed E-state index contributed by atoms with van der Waals surface area (Å²) in [4.78, 5) is 0. The maximum absolute atomic E-state index is 3.47. The zero-order chi connectivity index (χ0) is 13.2. The minimum absolute atomic E-state index is 1.04. The lowest BCUT2D eigenvalue weighted by molar-refractivity contribution is 0.828. The zero-order valence-electron chi connectivity index (χ0n) is 11.8. The van der Waals surface area contributed by atoms with E-state index in [0.717, 1.165) is 13.0 Å². The average Bonchev–Trinajstić information content (AvgIpc) is 2.43. The number of hydrogen-bond donors (Lipinski definition) is 1. The van der Waals surface area contributed by atoms with Crippen LogP contribution in [0.2, 0.25) is 0 Å². The summed E-state index contributed by atoms with van der Waals surface area (Å²) in [5.74, 6) is 0. The largest absolute Gasteiger partial charge is 0.385 e. The van der Waals surface area contributed by atoms with E-state index in [0.29, 0.717) is 0 Å². The quantitative estimate of drug-likeness (QED) is 0.841. The molecule has 0 fully saturated rings. The van der Waals surface area contributed by atoms with Crippen LogP contribution < -0.4 is 5.32 Å². The number of rotatable bonds is 2. The molecule has 0 bridgehead atoms. The molecule has 0 amide bonds. The average molecular weight is 251 g/mol. The molecule has 1 aliphatic rings. The molecule has 0 radical (unpaired) electrons. The molecular formula is C18H21N. The molecule has 0 spiro atoms. The third-order valence-corrected chi connectivity index (χ3v) is 4.01. The Bertz CT molecular complexity index is 599. The van der Waals surface area contributed by atoms with Gasteiger partial charge in [-0.1, -0.05) is 35.9 Å². The van der Waals surface area contributed by atoms with E-state index >= 15 is 0 Å². The van der Waals surface area contributed by atoms with Gasteiger partial charge in [0.05, 0.1) is 0 Å². The molecule has 0 aliphatic carbocycles. The summed E-state index contributed by atoms with van der Waals surface area (Å²) in [6, 6.07) is 13.6. The van der Waals surface area contributed by atoms with E-state index in [1.807, 2.05) is 0 Å². The molecule has 98 valence electrons. The summed E-state index contributed by atoms with van der Waals surface area (Å²) in [5, 5.41) is 3.47. The Balaban J connectivity index is 1.89. The van der Waals surface area contributed by atoms with Crippen LogP contribution in [0.1, 0.15) is 34.2 Å². The summed E-state index contributed by atoms with van der Waals surface area (Å²) in [6.45, 7) is 5.48. The first-order chi connectivity index (χ1) is 9.22. The van der Waals surface area contributed by atoms with Crippen LogP contribution in [0.3, 0.4) is 0 Å². The Morgan fingerprint density at radius 2 is 1.95 bits per heavy atom. The summed E-state index contributed by atoms with van der Waals surface area (Å²) < 4.78 is 0. The molecule has 0 unspecified atom stereocenters. The third kappa shape index (κ3) is 2.65. The first-order valence-corrected chi connectivity index (χ1v) is 7.14. The molecule has 19 heavy (non-hydrogen) atoms. The topological polar surface area (TPSA) is 12.0 Å². The number of hydrogen-bond acceptors (Lipinski definition) is 1. The highest BCUT2D eigenvalue weighted by Gasteiger charge is 2.09. The Hall–Kier alpha value is -1.76. The molecule has 3 rings (SSSR count). The lowest BCUT2D eigenvalue weighted by Crippen LogP contribution is -2.11. The first-order valence-electron chi connectivity index (χ1n) is 7.14. The van der Waals surface area contributed by atoms with Gasteiger partial charge in [0.25, 0.3) is 0 Å². The van der Waals surface area contributed by atoms with Gasteiger partial charge < -0.3 is 5.32 Å². The maximum atomic E-state index is 3.47. The molecule has 0 saturated carbocycles. The van der Waals surface area contributed by atoms with Crippen molar-refractivity contribution < 1.29 is 0 Å². The minimum atomic E-state index is 1.04. The van der Waals surface area contributed by atoms with Crippen LogP contribution in [-0.2, 0) is 12.8 Å². The van der Waals surface area contributed by atoms with E-state index in [1.165, 1.54) is 46.3 Å². The highest BCUT2D eigenvalue weighted by molar-refractivity contribution is 5.55. The number of aryl methyl sites for hydroxylation is 3. The Morgan fingerprint density at radius 3 is 2.84 bits per heavy atom. The molecule has 2 aromatic carbocycles. The van der Waals surface area contributed by atoms with E-state index in [-0.39, 0.29) is 0 Å². The van der Waals surface area contributed by atoms with Gasteiger partial charge in [0, 0.05) is 12.2 Å². The molecule has 1 heterocycles. The number of fused-ring (bicyclic) bond motifs is 1. The van der Waals surface area contributed by atoms with Crippen LogP contribution in [0.4, 0.5) is 5.69 Å². The van der Waals surface area contributed by atoms with Gasteiger partial charge in [0.2, 0.25) is 0 Å². The fraction of sp³-hybridized carbons (Fsp3) is 0.333. The number of anilines is 1. The molecule has 1 heteroatoms. The van der Waals surface area contributed by atoms with Crippen molar-refractivity contribution in [2.24, 2.45) is 0 Å². The van der Waals surface area contributed by atoms with Gasteiger partial charge in [-0.25, -0.2) is 0 Å². The summed E-state index contributed by atoms with van der Waals surface area (Å²) in [6.07, 6.45) is 3.50. The van der Waals surface area contributed by atoms with Crippen LogP contribution in [0, 0.1) is 13.8 Å². The lowest BCUT2D eigenvalue weighted by atomic mass is 9.95. The third-order valence-electron chi connectivity index (χ3n) is 4.01. The molecule has 0 saturated heterocycles. The molecule has 1 N–H and O–H groups in total. The van der Waals surface area contributed by atoms with Crippen molar-refractivity contribution in [2.75, 3.05) is 11.9 Å². The van der Waals surface area contributed by atoms with Gasteiger partial charge in [-0.15, -0.1) is 0 Å². The second kappa shape index (κ2) is 5.08. The Kier molecular flexibility index (Phi) is 3.29. The van der Waals surface area contributed by atoms with Crippen molar-refractivity contribution in [3.8, 4) is 0 Å². The van der Waals surface area contributed by atoms with Crippen LogP contribution in [0.15, 0.2) is 36.4 Å². The second-order valence-electron chi connectivity index (χ2n) is 5.63. The van der Waals surface area contributed by atoms with E-state index in [2.05, 4.69) is 55.6 Å². The molecule has 2 aromatic rings. The Labute approximate surface area is 115 Å². The highest BCUT2D eigenvalue weighted by atomic mass is 14.9. The van der Waals surface area contributed by atoms with Crippen molar-refractivity contribution in [3.05, 3.63) is 64.2 Å². The summed E-state index contributed by atoms with van der Waals surface area (Å²) in [7, 11) is 0. The van der Waals surface area contributed by atoms with Crippen molar-refractivity contribution in [2.45, 2.75) is 33.1 Å². The lowest BCUT2D eigenvalue weighted by Gasteiger charge is -2.19. The minimum Gasteiger partial charge on any atom is -0.385 e. The number of benzene rings is 2. The van der Waals surface area contributed by atoms with Gasteiger partial charge >= 0.3 is 0 Å². The highest BCUT2D eigenvalue weighted by Crippen LogP contribution is 2.24. The second-order valence-corrected chi connectivity index (χ2v) is 5.63. The summed E-state index contributed by atoms with van der Waals surface area (Å²) in [5.41, 5.74) is 8.42. The SMILES string of the molecule is Cc1ccc(C)c(Cc2ccc3c(c2)CCCN3)c1. The van der Waals surface area contributed by atoms with Gasteiger partial charge in [0.15, 0.2) is 0 Å². The smallest absolute Gasteiger partial charge is 0.0372 e. The molecule has 0 atom stereocenters. The van der Waals surface area contributed by atoms with E-state index in [9.17, 15) is 0 Å². The van der Waals surface area contributed by atoms with Crippen LogP contribution in [0.25, 0.3) is 0 Å². The predicted molar refractivity (Wildman–Crippen MR) is 82.0 cm³/mol. The van der Waals surface area contributed by atoms with Crippen LogP contribution >= 0.6 is 0 Å². The van der Waals surface area contributed by atoms with Crippen LogP contribution in [0.5, 0.6) is 0 Å². The van der Waals surface area contributed by atoms with Gasteiger partial charge in [-0.2, -0.15) is 0 Å². The predicted octanol–water partition coefficient (Wildman–Crippen LogP) is 4.25. The maximum Gasteiger partial charge on any atom is 0.0372 e. The van der Waals surface area contributed by atoms with Crippen LogP contribution in [-0.4, -0.2) is 6.54 Å². The fourth-order valence-electron chi connectivity index (χ4n) is 2.85. The van der Waals surface area contributed by atoms with Gasteiger partial charge in [-0.3, -0.25) is 0 Å².